The zero-order valence-corrected chi connectivity index (χ0v) is 16.8. The Morgan fingerprint density at radius 3 is 2.48 bits per heavy atom. The molecule has 29 heavy (non-hydrogen) atoms. The van der Waals surface area contributed by atoms with Gasteiger partial charge in [0, 0.05) is 12.6 Å². The molecule has 3 aromatic carbocycles. The normalized spacial score (nSPS) is 12.1. The lowest BCUT2D eigenvalue weighted by molar-refractivity contribution is -0.114. The summed E-state index contributed by atoms with van der Waals surface area (Å²) in [5.41, 5.74) is 5.42. The Hall–Kier alpha value is -3.32. The molecule has 148 valence electrons. The third-order valence-corrected chi connectivity index (χ3v) is 6.22. The van der Waals surface area contributed by atoms with E-state index in [1.165, 1.54) is 43.4 Å². The van der Waals surface area contributed by atoms with Gasteiger partial charge in [0.2, 0.25) is 5.91 Å². The minimum atomic E-state index is -3.84. The molecule has 0 unspecified atom stereocenters. The summed E-state index contributed by atoms with van der Waals surface area (Å²) in [6.45, 7) is 1.35. The molecule has 1 amide bonds. The zero-order chi connectivity index (χ0) is 20.6. The zero-order valence-electron chi connectivity index (χ0n) is 16.0. The number of amides is 1. The van der Waals surface area contributed by atoms with Crippen LogP contribution in [0.15, 0.2) is 65.6 Å². The molecule has 0 saturated heterocycles. The van der Waals surface area contributed by atoms with E-state index in [4.69, 9.17) is 4.74 Å². The lowest BCUT2D eigenvalue weighted by Crippen LogP contribution is -2.14. The Morgan fingerprint density at radius 1 is 0.966 bits per heavy atom. The summed E-state index contributed by atoms with van der Waals surface area (Å²) >= 11 is 0. The van der Waals surface area contributed by atoms with Crippen LogP contribution < -0.4 is 14.8 Å². The molecular formula is C22H20N2O4S. The summed E-state index contributed by atoms with van der Waals surface area (Å²) in [5.74, 6) is 0.0680. The van der Waals surface area contributed by atoms with Crippen molar-refractivity contribution in [2.24, 2.45) is 0 Å². The van der Waals surface area contributed by atoms with Crippen LogP contribution in [-0.4, -0.2) is 21.4 Å². The molecule has 6 nitrogen and oxygen atoms in total. The van der Waals surface area contributed by atoms with Gasteiger partial charge in [-0.25, -0.2) is 8.42 Å². The van der Waals surface area contributed by atoms with Crippen molar-refractivity contribution >= 4 is 27.3 Å². The first-order valence-electron chi connectivity index (χ1n) is 9.07. The van der Waals surface area contributed by atoms with E-state index in [-0.39, 0.29) is 10.8 Å². The van der Waals surface area contributed by atoms with Gasteiger partial charge >= 0.3 is 0 Å². The van der Waals surface area contributed by atoms with Crippen molar-refractivity contribution < 1.29 is 17.9 Å². The maximum atomic E-state index is 12.9. The van der Waals surface area contributed by atoms with Crippen LogP contribution in [0, 0.1) is 0 Å². The van der Waals surface area contributed by atoms with Crippen LogP contribution >= 0.6 is 0 Å². The third-order valence-electron chi connectivity index (χ3n) is 4.84. The maximum Gasteiger partial charge on any atom is 0.261 e. The Bertz CT molecular complexity index is 1220. The number of carbonyl (C=O) groups excluding carboxylic acids is 1. The fraction of sp³-hybridized carbons (Fsp3) is 0.136. The predicted octanol–water partition coefficient (Wildman–Crippen LogP) is 4.03. The highest BCUT2D eigenvalue weighted by Gasteiger charge is 2.21. The third kappa shape index (κ3) is 3.69. The summed E-state index contributed by atoms with van der Waals surface area (Å²) in [5, 5.41) is 2.59. The van der Waals surface area contributed by atoms with E-state index in [0.29, 0.717) is 17.1 Å². The second-order valence-corrected chi connectivity index (χ2v) is 8.54. The highest BCUT2D eigenvalue weighted by Crippen LogP contribution is 2.38. The standard InChI is InChI=1S/C22H20N2O4S/c1-14(25)23-21-13-18(8-10-22(21)28-2)29(26,27)24-17-7-9-20-16(12-17)11-15-5-3-4-6-19(15)20/h3-10,12-13,24H,11H2,1-2H3,(H,23,25). The number of carbonyl (C=O) groups is 1. The van der Waals surface area contributed by atoms with Crippen LogP contribution in [0.2, 0.25) is 0 Å². The van der Waals surface area contributed by atoms with E-state index < -0.39 is 10.0 Å². The monoisotopic (exact) mass is 408 g/mol. The average molecular weight is 408 g/mol. The lowest BCUT2D eigenvalue weighted by Gasteiger charge is -2.13. The van der Waals surface area contributed by atoms with Crippen molar-refractivity contribution in [3.63, 3.8) is 0 Å². The number of hydrogen-bond donors (Lipinski definition) is 2. The van der Waals surface area contributed by atoms with Crippen LogP contribution in [-0.2, 0) is 21.2 Å². The molecule has 0 spiro atoms. The lowest BCUT2D eigenvalue weighted by atomic mass is 10.1. The van der Waals surface area contributed by atoms with E-state index in [1.807, 2.05) is 24.3 Å². The topological polar surface area (TPSA) is 84.5 Å². The molecule has 0 atom stereocenters. The van der Waals surface area contributed by atoms with Crippen molar-refractivity contribution in [1.82, 2.24) is 0 Å². The number of anilines is 2. The maximum absolute atomic E-state index is 12.9. The predicted molar refractivity (Wildman–Crippen MR) is 113 cm³/mol. The Labute approximate surface area is 169 Å². The van der Waals surface area contributed by atoms with Crippen molar-refractivity contribution in [2.45, 2.75) is 18.2 Å². The SMILES string of the molecule is COc1ccc(S(=O)(=O)Nc2ccc3c(c2)Cc2ccccc2-3)cc1NC(C)=O. The molecule has 3 aromatic rings. The van der Waals surface area contributed by atoms with E-state index >= 15 is 0 Å². The molecule has 0 bridgehead atoms. The molecule has 0 saturated carbocycles. The quantitative estimate of drug-likeness (QED) is 0.522. The summed E-state index contributed by atoms with van der Waals surface area (Å²) in [6.07, 6.45) is 0.774. The average Bonchev–Trinajstić information content (AvgIpc) is 3.04. The molecule has 0 radical (unpaired) electrons. The summed E-state index contributed by atoms with van der Waals surface area (Å²) in [4.78, 5) is 11.4. The molecule has 7 heteroatoms. The van der Waals surface area contributed by atoms with Gasteiger partial charge in [0.05, 0.1) is 17.7 Å². The number of rotatable bonds is 5. The molecule has 4 rings (SSSR count). The van der Waals surface area contributed by atoms with Gasteiger partial charge in [-0.15, -0.1) is 0 Å². The van der Waals surface area contributed by atoms with Gasteiger partial charge in [0.1, 0.15) is 5.75 Å². The van der Waals surface area contributed by atoms with Crippen LogP contribution in [0.25, 0.3) is 11.1 Å². The van der Waals surface area contributed by atoms with Gasteiger partial charge in [-0.3, -0.25) is 9.52 Å². The highest BCUT2D eigenvalue weighted by atomic mass is 32.2. The van der Waals surface area contributed by atoms with Gasteiger partial charge in [-0.2, -0.15) is 0 Å². The molecule has 0 aliphatic heterocycles. The second kappa shape index (κ2) is 7.25. The van der Waals surface area contributed by atoms with Gasteiger partial charge < -0.3 is 10.1 Å². The van der Waals surface area contributed by atoms with E-state index in [2.05, 4.69) is 22.2 Å². The van der Waals surface area contributed by atoms with Crippen molar-refractivity contribution in [1.29, 1.82) is 0 Å². The number of hydrogen-bond acceptors (Lipinski definition) is 4. The number of benzene rings is 3. The largest absolute Gasteiger partial charge is 0.495 e. The summed E-state index contributed by atoms with van der Waals surface area (Å²) < 4.78 is 33.6. The smallest absolute Gasteiger partial charge is 0.261 e. The number of ether oxygens (including phenoxy) is 1. The first-order valence-corrected chi connectivity index (χ1v) is 10.6. The van der Waals surface area contributed by atoms with Gasteiger partial charge in [0.25, 0.3) is 10.0 Å². The molecule has 1 aliphatic carbocycles. The fourth-order valence-electron chi connectivity index (χ4n) is 3.56. The van der Waals surface area contributed by atoms with Crippen LogP contribution in [0.4, 0.5) is 11.4 Å². The number of nitrogens with one attached hydrogen (secondary N) is 2. The molecular weight excluding hydrogens is 388 g/mol. The fourth-order valence-corrected chi connectivity index (χ4v) is 4.64. The first kappa shape index (κ1) is 19.0. The number of fused-ring (bicyclic) bond motifs is 3. The van der Waals surface area contributed by atoms with E-state index in [9.17, 15) is 13.2 Å². The van der Waals surface area contributed by atoms with Gasteiger partial charge in [-0.05, 0) is 59.0 Å². The Morgan fingerprint density at radius 2 is 1.72 bits per heavy atom. The summed E-state index contributed by atoms with van der Waals surface area (Å²) in [7, 11) is -2.38. The Kier molecular flexibility index (Phi) is 4.76. The summed E-state index contributed by atoms with van der Waals surface area (Å²) in [6, 6.07) is 18.1. The first-order chi connectivity index (χ1) is 13.9. The van der Waals surface area contributed by atoms with Crippen LogP contribution in [0.1, 0.15) is 18.1 Å². The molecule has 0 aromatic heterocycles. The van der Waals surface area contributed by atoms with Gasteiger partial charge in [0.15, 0.2) is 0 Å². The van der Waals surface area contributed by atoms with Crippen molar-refractivity contribution in [2.75, 3.05) is 17.1 Å². The number of sulfonamides is 1. The number of methoxy groups -OCH3 is 1. The van der Waals surface area contributed by atoms with Crippen LogP contribution in [0.3, 0.4) is 0 Å². The molecule has 1 aliphatic rings. The second-order valence-electron chi connectivity index (χ2n) is 6.85. The van der Waals surface area contributed by atoms with Crippen molar-refractivity contribution in [3.8, 4) is 16.9 Å². The van der Waals surface area contributed by atoms with Crippen LogP contribution in [0.5, 0.6) is 5.75 Å². The molecule has 0 heterocycles. The highest BCUT2D eigenvalue weighted by molar-refractivity contribution is 7.92. The molecule has 0 fully saturated rings. The van der Waals surface area contributed by atoms with E-state index in [0.717, 1.165) is 17.5 Å². The van der Waals surface area contributed by atoms with Crippen molar-refractivity contribution in [3.05, 3.63) is 71.8 Å². The minimum absolute atomic E-state index is 0.0332. The minimum Gasteiger partial charge on any atom is -0.495 e. The Balaban J connectivity index is 1.63. The van der Waals surface area contributed by atoms with Gasteiger partial charge in [-0.1, -0.05) is 30.3 Å². The molecule has 2 N–H and O–H groups in total. The van der Waals surface area contributed by atoms with E-state index in [1.54, 1.807) is 6.07 Å².